The van der Waals surface area contributed by atoms with Gasteiger partial charge in [0, 0.05) is 5.92 Å². The van der Waals surface area contributed by atoms with Crippen LogP contribution in [0.1, 0.15) is 55.5 Å². The van der Waals surface area contributed by atoms with E-state index < -0.39 is 0 Å². The van der Waals surface area contributed by atoms with Crippen LogP contribution in [-0.4, -0.2) is 4.98 Å². The van der Waals surface area contributed by atoms with Crippen LogP contribution in [0.4, 0.5) is 0 Å². The van der Waals surface area contributed by atoms with Crippen molar-refractivity contribution in [3.8, 4) is 0 Å². The molecule has 1 aromatic heterocycles. The fourth-order valence-corrected chi connectivity index (χ4v) is 2.41. The number of aryl methyl sites for hydroxylation is 1. The van der Waals surface area contributed by atoms with Crippen LogP contribution in [0.25, 0.3) is 11.1 Å². The summed E-state index contributed by atoms with van der Waals surface area (Å²) < 4.78 is 5.74. The van der Waals surface area contributed by atoms with Crippen molar-refractivity contribution in [2.24, 2.45) is 0 Å². The molecule has 0 aliphatic heterocycles. The molecule has 4 rings (SSSR count). The summed E-state index contributed by atoms with van der Waals surface area (Å²) in [4.78, 5) is 4.47. The first kappa shape index (κ1) is 14.8. The van der Waals surface area contributed by atoms with Crippen molar-refractivity contribution >= 4 is 11.1 Å². The fraction of sp³-hybridized carbons (Fsp3) is 0.350. The third-order valence-corrected chi connectivity index (χ3v) is 3.91. The minimum absolute atomic E-state index is 0.363. The molecule has 0 radical (unpaired) electrons. The maximum atomic E-state index is 5.74. The van der Waals surface area contributed by atoms with Gasteiger partial charge in [-0.2, -0.15) is 0 Å². The highest BCUT2D eigenvalue weighted by atomic mass is 16.3. The third-order valence-electron chi connectivity index (χ3n) is 3.91. The quantitative estimate of drug-likeness (QED) is 0.594. The van der Waals surface area contributed by atoms with Crippen LogP contribution < -0.4 is 0 Å². The molecule has 114 valence electrons. The van der Waals surface area contributed by atoms with Crippen LogP contribution in [0.15, 0.2) is 52.9 Å². The van der Waals surface area contributed by atoms with Crippen molar-refractivity contribution in [1.29, 1.82) is 0 Å². The van der Waals surface area contributed by atoms with E-state index in [1.54, 1.807) is 0 Å². The van der Waals surface area contributed by atoms with Crippen LogP contribution in [0.5, 0.6) is 0 Å². The zero-order valence-electron chi connectivity index (χ0n) is 13.5. The fourth-order valence-electron chi connectivity index (χ4n) is 2.41. The van der Waals surface area contributed by atoms with Crippen molar-refractivity contribution in [3.63, 3.8) is 0 Å². The van der Waals surface area contributed by atoms with Crippen molar-refractivity contribution in [2.75, 3.05) is 0 Å². The number of hydrogen-bond acceptors (Lipinski definition) is 2. The van der Waals surface area contributed by atoms with Crippen LogP contribution >= 0.6 is 0 Å². The van der Waals surface area contributed by atoms with E-state index in [2.05, 4.69) is 56.1 Å². The lowest BCUT2D eigenvalue weighted by atomic mass is 10.1. The molecule has 1 saturated carbocycles. The summed E-state index contributed by atoms with van der Waals surface area (Å²) in [6, 6.07) is 16.7. The number of aromatic nitrogens is 1. The maximum Gasteiger partial charge on any atom is 0.198 e. The number of oxazole rings is 1. The lowest BCUT2D eigenvalue weighted by molar-refractivity contribution is 0.501. The van der Waals surface area contributed by atoms with E-state index in [0.29, 0.717) is 5.92 Å². The molecule has 0 atom stereocenters. The molecule has 1 heterocycles. The molecule has 1 aliphatic carbocycles. The Hall–Kier alpha value is -2.09. The Balaban J connectivity index is 0.000000174. The van der Waals surface area contributed by atoms with Crippen molar-refractivity contribution in [1.82, 2.24) is 4.98 Å². The highest BCUT2D eigenvalue weighted by Gasteiger charge is 2.24. The molecular formula is C20H23NO. The predicted molar refractivity (Wildman–Crippen MR) is 91.3 cm³/mol. The average molecular weight is 293 g/mol. The summed E-state index contributed by atoms with van der Waals surface area (Å²) in [5.41, 5.74) is 4.67. The SMILES string of the molecule is CC(C)c1nc2ccc(C3CC3)cc2o1.Cc1ccccc1. The summed E-state index contributed by atoms with van der Waals surface area (Å²) in [5, 5.41) is 0. The van der Waals surface area contributed by atoms with Crippen LogP contribution in [0.3, 0.4) is 0 Å². The summed E-state index contributed by atoms with van der Waals surface area (Å²) in [6.07, 6.45) is 2.66. The number of rotatable bonds is 2. The molecule has 0 saturated heterocycles. The molecule has 2 nitrogen and oxygen atoms in total. The molecule has 22 heavy (non-hydrogen) atoms. The van der Waals surface area contributed by atoms with Gasteiger partial charge < -0.3 is 4.42 Å². The lowest BCUT2D eigenvalue weighted by Crippen LogP contribution is -1.84. The Bertz CT molecular complexity index is 739. The van der Waals surface area contributed by atoms with Gasteiger partial charge in [-0.1, -0.05) is 55.8 Å². The second-order valence-corrected chi connectivity index (χ2v) is 6.36. The molecule has 2 aromatic carbocycles. The summed E-state index contributed by atoms with van der Waals surface area (Å²) in [6.45, 7) is 6.29. The molecule has 2 heteroatoms. The highest BCUT2D eigenvalue weighted by molar-refractivity contribution is 5.73. The number of nitrogens with zero attached hydrogens (tertiary/aromatic N) is 1. The van der Waals surface area contributed by atoms with Gasteiger partial charge in [-0.05, 0) is 43.4 Å². The van der Waals surface area contributed by atoms with E-state index >= 15 is 0 Å². The molecule has 0 spiro atoms. The van der Waals surface area contributed by atoms with Crippen LogP contribution in [0.2, 0.25) is 0 Å². The van der Waals surface area contributed by atoms with Crippen LogP contribution in [0, 0.1) is 6.92 Å². The zero-order chi connectivity index (χ0) is 15.5. The minimum Gasteiger partial charge on any atom is -0.440 e. The standard InChI is InChI=1S/C13H15NO.C7H8/c1-8(2)13-14-11-6-5-10(9-3-4-9)7-12(11)15-13;1-7-5-3-2-4-6-7/h5-9H,3-4H2,1-2H3;2-6H,1H3. The van der Waals surface area contributed by atoms with Gasteiger partial charge in [-0.15, -0.1) is 0 Å². The third kappa shape index (κ3) is 3.56. The van der Waals surface area contributed by atoms with Gasteiger partial charge >= 0.3 is 0 Å². The van der Waals surface area contributed by atoms with E-state index in [-0.39, 0.29) is 0 Å². The molecular weight excluding hydrogens is 270 g/mol. The summed E-state index contributed by atoms with van der Waals surface area (Å²) in [5.74, 6) is 1.99. The molecule has 3 aromatic rings. The molecule has 0 unspecified atom stereocenters. The molecule has 0 bridgehead atoms. The van der Waals surface area contributed by atoms with Gasteiger partial charge in [0.1, 0.15) is 5.52 Å². The Labute approximate surface area is 132 Å². The Morgan fingerprint density at radius 3 is 2.32 bits per heavy atom. The molecule has 1 fully saturated rings. The number of hydrogen-bond donors (Lipinski definition) is 0. The average Bonchev–Trinajstić information content (AvgIpc) is 3.27. The molecule has 1 aliphatic rings. The van der Waals surface area contributed by atoms with E-state index in [9.17, 15) is 0 Å². The van der Waals surface area contributed by atoms with Crippen molar-refractivity contribution in [2.45, 2.75) is 45.4 Å². The molecule has 0 N–H and O–H groups in total. The minimum atomic E-state index is 0.363. The molecule has 0 amide bonds. The van der Waals surface area contributed by atoms with Crippen LogP contribution in [-0.2, 0) is 0 Å². The van der Waals surface area contributed by atoms with Gasteiger partial charge in [0.25, 0.3) is 0 Å². The monoisotopic (exact) mass is 293 g/mol. The normalized spacial score (nSPS) is 14.0. The Morgan fingerprint density at radius 1 is 1.05 bits per heavy atom. The second-order valence-electron chi connectivity index (χ2n) is 6.36. The lowest BCUT2D eigenvalue weighted by Gasteiger charge is -1.95. The van der Waals surface area contributed by atoms with E-state index in [4.69, 9.17) is 4.42 Å². The van der Waals surface area contributed by atoms with E-state index in [0.717, 1.165) is 22.9 Å². The summed E-state index contributed by atoms with van der Waals surface area (Å²) in [7, 11) is 0. The smallest absolute Gasteiger partial charge is 0.198 e. The van der Waals surface area contributed by atoms with Crippen molar-refractivity contribution in [3.05, 3.63) is 65.5 Å². The van der Waals surface area contributed by atoms with Gasteiger partial charge in [0.05, 0.1) is 0 Å². The highest BCUT2D eigenvalue weighted by Crippen LogP contribution is 2.41. The Morgan fingerprint density at radius 2 is 1.77 bits per heavy atom. The first-order chi connectivity index (χ1) is 10.6. The topological polar surface area (TPSA) is 26.0 Å². The zero-order valence-corrected chi connectivity index (χ0v) is 13.5. The van der Waals surface area contributed by atoms with Crippen molar-refractivity contribution < 1.29 is 4.42 Å². The first-order valence-electron chi connectivity index (χ1n) is 8.05. The predicted octanol–water partition coefficient (Wildman–Crippen LogP) is 5.82. The van der Waals surface area contributed by atoms with Gasteiger partial charge in [0.2, 0.25) is 0 Å². The van der Waals surface area contributed by atoms with E-state index in [1.807, 2.05) is 18.2 Å². The van der Waals surface area contributed by atoms with E-state index in [1.165, 1.54) is 24.0 Å². The largest absolute Gasteiger partial charge is 0.440 e. The Kier molecular flexibility index (Phi) is 4.28. The maximum absolute atomic E-state index is 5.74. The van der Waals surface area contributed by atoms with Gasteiger partial charge in [-0.3, -0.25) is 0 Å². The number of benzene rings is 2. The second kappa shape index (κ2) is 6.35. The summed E-state index contributed by atoms with van der Waals surface area (Å²) >= 11 is 0. The number of fused-ring (bicyclic) bond motifs is 1. The van der Waals surface area contributed by atoms with Gasteiger partial charge in [0.15, 0.2) is 11.5 Å². The van der Waals surface area contributed by atoms with Gasteiger partial charge in [-0.25, -0.2) is 4.98 Å². The first-order valence-corrected chi connectivity index (χ1v) is 8.05.